The highest BCUT2D eigenvalue weighted by molar-refractivity contribution is 5.34. The smallest absolute Gasteiger partial charge is 0.123 e. The van der Waals surface area contributed by atoms with Gasteiger partial charge in [-0.25, -0.2) is 4.39 Å². The first-order valence-electron chi connectivity index (χ1n) is 5.69. The number of rotatable bonds is 4. The lowest BCUT2D eigenvalue weighted by atomic mass is 10.1. The van der Waals surface area contributed by atoms with Crippen molar-refractivity contribution in [1.82, 2.24) is 0 Å². The minimum atomic E-state index is -0.301. The van der Waals surface area contributed by atoms with E-state index in [0.29, 0.717) is 17.7 Å². The van der Waals surface area contributed by atoms with Gasteiger partial charge in [0.2, 0.25) is 0 Å². The fourth-order valence-corrected chi connectivity index (χ4v) is 1.23. The Labute approximate surface area is 97.1 Å². The summed E-state index contributed by atoms with van der Waals surface area (Å²) >= 11 is 0. The van der Waals surface area contributed by atoms with E-state index in [1.165, 1.54) is 12.1 Å². The molecule has 0 bridgehead atoms. The molecular weight excluding hydrogens is 207 g/mol. The number of aliphatic hydroxyl groups is 1. The molecule has 0 saturated carbocycles. The Morgan fingerprint density at radius 2 is 1.94 bits per heavy atom. The van der Waals surface area contributed by atoms with Crippen molar-refractivity contribution < 1.29 is 14.2 Å². The van der Waals surface area contributed by atoms with Crippen LogP contribution in [-0.2, 0) is 6.42 Å². The summed E-state index contributed by atoms with van der Waals surface area (Å²) in [6, 6.07) is 4.35. The van der Waals surface area contributed by atoms with Crippen LogP contribution in [0.4, 0.5) is 4.39 Å². The van der Waals surface area contributed by atoms with Crippen molar-refractivity contribution in [2.45, 2.75) is 40.2 Å². The van der Waals surface area contributed by atoms with E-state index in [-0.39, 0.29) is 18.5 Å². The second kappa shape index (κ2) is 8.11. The normalized spacial score (nSPS) is 9.69. The molecule has 0 heterocycles. The number of ether oxygens (including phenoxy) is 1. The highest BCUT2D eigenvalue weighted by Gasteiger charge is 2.06. The third-order valence-corrected chi connectivity index (χ3v) is 1.77. The summed E-state index contributed by atoms with van der Waals surface area (Å²) in [7, 11) is 0. The molecule has 1 N–H and O–H groups in total. The Balaban J connectivity index is 0.00000106. The van der Waals surface area contributed by atoms with Gasteiger partial charge < -0.3 is 9.84 Å². The molecule has 3 heteroatoms. The topological polar surface area (TPSA) is 29.5 Å². The van der Waals surface area contributed by atoms with E-state index in [4.69, 9.17) is 9.84 Å². The zero-order valence-electron chi connectivity index (χ0n) is 10.5. The molecule has 0 aliphatic rings. The minimum absolute atomic E-state index is 0.00207. The van der Waals surface area contributed by atoms with Gasteiger partial charge in [-0.3, -0.25) is 0 Å². The Hall–Kier alpha value is -1.09. The minimum Gasteiger partial charge on any atom is -0.491 e. The number of aliphatic hydroxyl groups excluding tert-OH is 1. The van der Waals surface area contributed by atoms with Crippen LogP contribution in [-0.4, -0.2) is 17.8 Å². The molecule has 1 rings (SSSR count). The van der Waals surface area contributed by atoms with Crippen molar-refractivity contribution in [3.63, 3.8) is 0 Å². The van der Waals surface area contributed by atoms with Crippen molar-refractivity contribution in [1.29, 1.82) is 0 Å². The summed E-state index contributed by atoms with van der Waals surface area (Å²) in [4.78, 5) is 0. The van der Waals surface area contributed by atoms with Gasteiger partial charge in [0.15, 0.2) is 0 Å². The maximum atomic E-state index is 12.9. The Kier molecular flexibility index (Phi) is 7.56. The molecule has 0 saturated heterocycles. The molecule has 0 radical (unpaired) electrons. The van der Waals surface area contributed by atoms with E-state index in [1.54, 1.807) is 6.07 Å². The highest BCUT2D eigenvalue weighted by atomic mass is 19.1. The monoisotopic (exact) mass is 228 g/mol. The molecule has 0 aromatic heterocycles. The van der Waals surface area contributed by atoms with Gasteiger partial charge in [-0.15, -0.1) is 0 Å². The lowest BCUT2D eigenvalue weighted by molar-refractivity contribution is 0.236. The van der Waals surface area contributed by atoms with Gasteiger partial charge in [0.25, 0.3) is 0 Å². The van der Waals surface area contributed by atoms with Gasteiger partial charge in [-0.1, -0.05) is 13.8 Å². The Morgan fingerprint density at radius 1 is 1.31 bits per heavy atom. The lowest BCUT2D eigenvalue weighted by Crippen LogP contribution is -2.08. The van der Waals surface area contributed by atoms with E-state index in [1.807, 2.05) is 27.7 Å². The zero-order chi connectivity index (χ0) is 12.6. The summed E-state index contributed by atoms with van der Waals surface area (Å²) in [5.41, 5.74) is 0.709. The molecule has 1 aromatic carbocycles. The number of hydrogen-bond donors (Lipinski definition) is 1. The quantitative estimate of drug-likeness (QED) is 0.857. The largest absolute Gasteiger partial charge is 0.491 e. The molecule has 0 fully saturated rings. The van der Waals surface area contributed by atoms with Gasteiger partial charge >= 0.3 is 0 Å². The van der Waals surface area contributed by atoms with Crippen LogP contribution in [0.3, 0.4) is 0 Å². The molecule has 0 amide bonds. The van der Waals surface area contributed by atoms with Gasteiger partial charge in [0.1, 0.15) is 11.6 Å². The SMILES string of the molecule is CC.CC(C)Oc1ccc(F)cc1CCO. The third kappa shape index (κ3) is 5.12. The van der Waals surface area contributed by atoms with E-state index < -0.39 is 0 Å². The van der Waals surface area contributed by atoms with Crippen LogP contribution in [0, 0.1) is 5.82 Å². The van der Waals surface area contributed by atoms with Crippen LogP contribution in [0.2, 0.25) is 0 Å². The van der Waals surface area contributed by atoms with E-state index in [2.05, 4.69) is 0 Å². The van der Waals surface area contributed by atoms with Crippen LogP contribution in [0.15, 0.2) is 18.2 Å². The van der Waals surface area contributed by atoms with Crippen molar-refractivity contribution in [3.05, 3.63) is 29.6 Å². The van der Waals surface area contributed by atoms with E-state index in [0.717, 1.165) is 0 Å². The molecular formula is C13H21FO2. The lowest BCUT2D eigenvalue weighted by Gasteiger charge is -2.13. The van der Waals surface area contributed by atoms with Crippen molar-refractivity contribution in [2.24, 2.45) is 0 Å². The third-order valence-electron chi connectivity index (χ3n) is 1.77. The first-order chi connectivity index (χ1) is 7.63. The number of benzene rings is 1. The average molecular weight is 228 g/mol. The molecule has 1 aromatic rings. The summed E-state index contributed by atoms with van der Waals surface area (Å²) in [6.45, 7) is 7.82. The van der Waals surface area contributed by atoms with Crippen molar-refractivity contribution in [3.8, 4) is 5.75 Å². The predicted molar refractivity (Wildman–Crippen MR) is 64.3 cm³/mol. The molecule has 0 aliphatic heterocycles. The molecule has 16 heavy (non-hydrogen) atoms. The van der Waals surface area contributed by atoms with Crippen LogP contribution in [0.25, 0.3) is 0 Å². The summed E-state index contributed by atoms with van der Waals surface area (Å²) < 4.78 is 18.3. The molecule has 0 spiro atoms. The Morgan fingerprint density at radius 3 is 2.44 bits per heavy atom. The second-order valence-corrected chi connectivity index (χ2v) is 3.39. The summed E-state index contributed by atoms with van der Waals surface area (Å²) in [6.07, 6.45) is 0.470. The molecule has 0 unspecified atom stereocenters. The van der Waals surface area contributed by atoms with Crippen LogP contribution in [0.1, 0.15) is 33.3 Å². The van der Waals surface area contributed by atoms with Crippen LogP contribution >= 0.6 is 0 Å². The van der Waals surface area contributed by atoms with E-state index in [9.17, 15) is 4.39 Å². The van der Waals surface area contributed by atoms with Gasteiger partial charge in [-0.2, -0.15) is 0 Å². The van der Waals surface area contributed by atoms with Crippen molar-refractivity contribution >= 4 is 0 Å². The standard InChI is InChI=1S/C11H15FO2.C2H6/c1-8(2)14-11-4-3-10(12)7-9(11)5-6-13;1-2/h3-4,7-8,13H,5-6H2,1-2H3;1-2H3. The fraction of sp³-hybridized carbons (Fsp3) is 0.538. The molecule has 2 nitrogen and oxygen atoms in total. The maximum Gasteiger partial charge on any atom is 0.123 e. The molecule has 0 atom stereocenters. The van der Waals surface area contributed by atoms with Gasteiger partial charge in [-0.05, 0) is 44.0 Å². The fourth-order valence-electron chi connectivity index (χ4n) is 1.23. The van der Waals surface area contributed by atoms with Crippen molar-refractivity contribution in [2.75, 3.05) is 6.61 Å². The van der Waals surface area contributed by atoms with Gasteiger partial charge in [0.05, 0.1) is 6.10 Å². The highest BCUT2D eigenvalue weighted by Crippen LogP contribution is 2.21. The number of halogens is 1. The first-order valence-corrected chi connectivity index (χ1v) is 5.69. The predicted octanol–water partition coefficient (Wildman–Crippen LogP) is 3.17. The van der Waals surface area contributed by atoms with Crippen LogP contribution < -0.4 is 4.74 Å². The molecule has 92 valence electrons. The Bertz CT molecular complexity index is 298. The zero-order valence-corrected chi connectivity index (χ0v) is 10.5. The maximum absolute atomic E-state index is 12.9. The number of hydrogen-bond acceptors (Lipinski definition) is 2. The van der Waals surface area contributed by atoms with Gasteiger partial charge in [0, 0.05) is 6.61 Å². The first kappa shape index (κ1) is 14.9. The summed E-state index contributed by atoms with van der Waals surface area (Å²) in [5, 5.41) is 8.79. The van der Waals surface area contributed by atoms with Crippen LogP contribution in [0.5, 0.6) is 5.75 Å². The average Bonchev–Trinajstić information content (AvgIpc) is 2.25. The van der Waals surface area contributed by atoms with E-state index >= 15 is 0 Å². The molecule has 0 aliphatic carbocycles. The second-order valence-electron chi connectivity index (χ2n) is 3.39. The summed E-state index contributed by atoms with van der Waals surface area (Å²) in [5.74, 6) is 0.347.